The lowest BCUT2D eigenvalue weighted by Crippen LogP contribution is -1.97. The number of azo groups is 1. The Balaban J connectivity index is 2.37. The van der Waals surface area contributed by atoms with Crippen molar-refractivity contribution < 1.29 is 13.0 Å². The van der Waals surface area contributed by atoms with E-state index in [9.17, 15) is 8.42 Å². The smallest absolute Gasteiger partial charge is 0.294 e. The molecule has 0 spiro atoms. The lowest BCUT2D eigenvalue weighted by atomic mass is 10.1. The van der Waals surface area contributed by atoms with Gasteiger partial charge in [-0.1, -0.05) is 0 Å². The van der Waals surface area contributed by atoms with Gasteiger partial charge in [-0.15, -0.1) is 0 Å². The van der Waals surface area contributed by atoms with Crippen LogP contribution in [0.3, 0.4) is 0 Å². The summed E-state index contributed by atoms with van der Waals surface area (Å²) in [5.41, 5.74) is 10.2. The highest BCUT2D eigenvalue weighted by Gasteiger charge is 2.11. The van der Waals surface area contributed by atoms with Gasteiger partial charge in [-0.2, -0.15) is 18.6 Å². The number of hydrogen-bond donors (Lipinski definition) is 2. The molecule has 2 aromatic rings. The Bertz CT molecular complexity index is 859. The molecule has 7 heteroatoms. The monoisotopic (exact) mass is 319 g/mol. The first-order valence-corrected chi connectivity index (χ1v) is 7.99. The Hall–Kier alpha value is -2.25. The molecule has 0 saturated heterocycles. The average molecular weight is 319 g/mol. The third-order valence-electron chi connectivity index (χ3n) is 3.32. The maximum absolute atomic E-state index is 11.1. The van der Waals surface area contributed by atoms with E-state index < -0.39 is 10.1 Å². The second-order valence-electron chi connectivity index (χ2n) is 5.12. The van der Waals surface area contributed by atoms with Crippen LogP contribution in [0.5, 0.6) is 0 Å². The fourth-order valence-electron chi connectivity index (χ4n) is 1.94. The molecule has 0 unspecified atom stereocenters. The van der Waals surface area contributed by atoms with E-state index in [1.165, 1.54) is 18.2 Å². The molecular formula is C15H17N3O3S. The summed E-state index contributed by atoms with van der Waals surface area (Å²) in [4.78, 5) is -0.163. The van der Waals surface area contributed by atoms with E-state index in [4.69, 9.17) is 10.3 Å². The van der Waals surface area contributed by atoms with Crippen molar-refractivity contribution in [3.63, 3.8) is 0 Å². The maximum Gasteiger partial charge on any atom is 0.294 e. The Morgan fingerprint density at radius 2 is 1.50 bits per heavy atom. The summed E-state index contributed by atoms with van der Waals surface area (Å²) >= 11 is 0. The number of rotatable bonds is 3. The summed E-state index contributed by atoms with van der Waals surface area (Å²) in [6.07, 6.45) is 0. The van der Waals surface area contributed by atoms with Gasteiger partial charge in [0.1, 0.15) is 0 Å². The van der Waals surface area contributed by atoms with Crippen molar-refractivity contribution in [1.29, 1.82) is 0 Å². The van der Waals surface area contributed by atoms with Gasteiger partial charge in [0.2, 0.25) is 0 Å². The standard InChI is InChI=1S/C15H17N3O3S/c1-9-8-15(11(3)7-13(9)16)18-17-14-5-4-12(6-10(14)2)22(19,20)21/h4-8H,16H2,1-3H3,(H,19,20,21). The van der Waals surface area contributed by atoms with Crippen molar-refractivity contribution in [3.8, 4) is 0 Å². The normalized spacial score (nSPS) is 12.0. The molecule has 0 heterocycles. The summed E-state index contributed by atoms with van der Waals surface area (Å²) in [7, 11) is -4.21. The molecule has 2 aromatic carbocycles. The van der Waals surface area contributed by atoms with E-state index >= 15 is 0 Å². The van der Waals surface area contributed by atoms with Crippen molar-refractivity contribution in [2.24, 2.45) is 10.2 Å². The molecule has 0 aliphatic heterocycles. The van der Waals surface area contributed by atoms with Crippen molar-refractivity contribution in [2.45, 2.75) is 25.7 Å². The van der Waals surface area contributed by atoms with Crippen LogP contribution in [0.25, 0.3) is 0 Å². The van der Waals surface area contributed by atoms with Crippen molar-refractivity contribution >= 4 is 27.2 Å². The van der Waals surface area contributed by atoms with Crippen LogP contribution >= 0.6 is 0 Å². The molecule has 3 N–H and O–H groups in total. The van der Waals surface area contributed by atoms with E-state index in [-0.39, 0.29) is 4.90 Å². The Morgan fingerprint density at radius 3 is 2.09 bits per heavy atom. The lowest BCUT2D eigenvalue weighted by Gasteiger charge is -2.05. The van der Waals surface area contributed by atoms with Gasteiger partial charge >= 0.3 is 0 Å². The number of aryl methyl sites for hydroxylation is 3. The van der Waals surface area contributed by atoms with Crippen LogP contribution in [-0.4, -0.2) is 13.0 Å². The number of nitrogens with two attached hydrogens (primary N) is 1. The van der Waals surface area contributed by atoms with Crippen LogP contribution in [0.2, 0.25) is 0 Å². The van der Waals surface area contributed by atoms with E-state index in [0.29, 0.717) is 22.6 Å². The molecule has 6 nitrogen and oxygen atoms in total. The third kappa shape index (κ3) is 3.49. The molecule has 0 aliphatic carbocycles. The minimum absolute atomic E-state index is 0.163. The van der Waals surface area contributed by atoms with E-state index in [1.807, 2.05) is 26.0 Å². The molecule has 0 bridgehead atoms. The third-order valence-corrected chi connectivity index (χ3v) is 4.17. The first-order chi connectivity index (χ1) is 10.2. The van der Waals surface area contributed by atoms with Crippen molar-refractivity contribution in [1.82, 2.24) is 0 Å². The predicted octanol–water partition coefficient (Wildman–Crippen LogP) is 3.86. The molecule has 0 fully saturated rings. The highest BCUT2D eigenvalue weighted by Crippen LogP contribution is 2.28. The van der Waals surface area contributed by atoms with Gasteiger partial charge in [-0.25, -0.2) is 0 Å². The SMILES string of the molecule is Cc1cc(N=Nc2ccc(S(=O)(=O)O)cc2C)c(C)cc1N. The van der Waals surface area contributed by atoms with Gasteiger partial charge in [-0.3, -0.25) is 4.55 Å². The summed E-state index contributed by atoms with van der Waals surface area (Å²) in [5.74, 6) is 0. The quantitative estimate of drug-likeness (QED) is 0.509. The number of hydrogen-bond acceptors (Lipinski definition) is 5. The molecule has 0 aliphatic rings. The van der Waals surface area contributed by atoms with Crippen molar-refractivity contribution in [2.75, 3.05) is 5.73 Å². The molecular weight excluding hydrogens is 302 g/mol. The molecule has 116 valence electrons. The lowest BCUT2D eigenvalue weighted by molar-refractivity contribution is 0.483. The minimum Gasteiger partial charge on any atom is -0.399 e. The molecule has 2 rings (SSSR count). The summed E-state index contributed by atoms with van der Waals surface area (Å²) in [6, 6.07) is 7.82. The van der Waals surface area contributed by atoms with E-state index in [1.54, 1.807) is 6.92 Å². The number of anilines is 1. The molecule has 0 saturated carbocycles. The Kier molecular flexibility index (Phi) is 4.30. The van der Waals surface area contributed by atoms with Crippen LogP contribution in [0.1, 0.15) is 16.7 Å². The van der Waals surface area contributed by atoms with Crippen LogP contribution in [0, 0.1) is 20.8 Å². The first-order valence-electron chi connectivity index (χ1n) is 6.55. The highest BCUT2D eigenvalue weighted by molar-refractivity contribution is 7.85. The molecule has 22 heavy (non-hydrogen) atoms. The largest absolute Gasteiger partial charge is 0.399 e. The number of benzene rings is 2. The second-order valence-corrected chi connectivity index (χ2v) is 6.54. The van der Waals surface area contributed by atoms with Gasteiger partial charge in [0.25, 0.3) is 10.1 Å². The van der Waals surface area contributed by atoms with Crippen LogP contribution in [0.15, 0.2) is 45.5 Å². The van der Waals surface area contributed by atoms with E-state index in [0.717, 1.165) is 11.1 Å². The zero-order valence-electron chi connectivity index (χ0n) is 12.5. The molecule has 0 radical (unpaired) electrons. The number of nitrogens with zero attached hydrogens (tertiary/aromatic N) is 2. The maximum atomic E-state index is 11.1. The zero-order chi connectivity index (χ0) is 16.5. The molecule has 0 aromatic heterocycles. The Labute approximate surface area is 129 Å². The zero-order valence-corrected chi connectivity index (χ0v) is 13.3. The molecule has 0 atom stereocenters. The van der Waals surface area contributed by atoms with Crippen molar-refractivity contribution in [3.05, 3.63) is 47.0 Å². The van der Waals surface area contributed by atoms with Gasteiger partial charge < -0.3 is 5.73 Å². The van der Waals surface area contributed by atoms with Crippen LogP contribution < -0.4 is 5.73 Å². The topological polar surface area (TPSA) is 105 Å². The predicted molar refractivity (Wildman–Crippen MR) is 85.5 cm³/mol. The fraction of sp³-hybridized carbons (Fsp3) is 0.200. The van der Waals surface area contributed by atoms with E-state index in [2.05, 4.69) is 10.2 Å². The van der Waals surface area contributed by atoms with Gasteiger partial charge in [0.05, 0.1) is 16.3 Å². The van der Waals surface area contributed by atoms with Gasteiger partial charge in [-0.05, 0) is 67.8 Å². The fourth-order valence-corrected chi connectivity index (χ4v) is 2.51. The molecule has 0 amide bonds. The summed E-state index contributed by atoms with van der Waals surface area (Å²) < 4.78 is 31.2. The summed E-state index contributed by atoms with van der Waals surface area (Å²) in [6.45, 7) is 5.47. The minimum atomic E-state index is -4.21. The van der Waals surface area contributed by atoms with Crippen LogP contribution in [-0.2, 0) is 10.1 Å². The summed E-state index contributed by atoms with van der Waals surface area (Å²) in [5, 5.41) is 8.33. The number of nitrogen functional groups attached to an aromatic ring is 1. The average Bonchev–Trinajstić information content (AvgIpc) is 2.41. The Morgan fingerprint density at radius 1 is 0.909 bits per heavy atom. The highest BCUT2D eigenvalue weighted by atomic mass is 32.2. The van der Waals surface area contributed by atoms with Gasteiger partial charge in [0, 0.05) is 5.69 Å². The first kappa shape index (κ1) is 16.1. The van der Waals surface area contributed by atoms with Gasteiger partial charge in [0.15, 0.2) is 0 Å². The van der Waals surface area contributed by atoms with Crippen LogP contribution in [0.4, 0.5) is 17.1 Å². The second kappa shape index (κ2) is 5.86.